The molecule has 0 saturated carbocycles. The Balaban J connectivity index is 0.000000340. The standard InChI is InChI=1S/C19H18N4.C7H8.C2H6/c20-19(21)14-11-12-17(22-15-7-3-1-4-8-15)18(13-14)23-16-9-5-2-6-10-16;1-7-5-3-2-4-6-7;1-2/h1-13,22-23H,(H3,20,21);2-6H,1H3;1-2H3. The third-order valence-electron chi connectivity index (χ3n) is 4.38. The van der Waals surface area contributed by atoms with Gasteiger partial charge in [-0.15, -0.1) is 0 Å². The molecule has 4 rings (SSSR count). The highest BCUT2D eigenvalue weighted by Gasteiger charge is 2.07. The summed E-state index contributed by atoms with van der Waals surface area (Å²) >= 11 is 0. The molecule has 4 nitrogen and oxygen atoms in total. The Kier molecular flexibility index (Phi) is 10.1. The van der Waals surface area contributed by atoms with E-state index in [-0.39, 0.29) is 5.84 Å². The predicted molar refractivity (Wildman–Crippen MR) is 139 cm³/mol. The molecule has 0 aliphatic carbocycles. The maximum Gasteiger partial charge on any atom is 0.122 e. The van der Waals surface area contributed by atoms with Crippen LogP contribution < -0.4 is 16.4 Å². The fraction of sp³-hybridized carbons (Fsp3) is 0.107. The van der Waals surface area contributed by atoms with E-state index >= 15 is 0 Å². The number of nitrogens with two attached hydrogens (primary N) is 1. The van der Waals surface area contributed by atoms with Gasteiger partial charge in [-0.3, -0.25) is 5.41 Å². The smallest absolute Gasteiger partial charge is 0.122 e. The van der Waals surface area contributed by atoms with Crippen molar-refractivity contribution in [3.63, 3.8) is 0 Å². The summed E-state index contributed by atoms with van der Waals surface area (Å²) in [4.78, 5) is 0. The van der Waals surface area contributed by atoms with Gasteiger partial charge < -0.3 is 16.4 Å². The van der Waals surface area contributed by atoms with Crippen molar-refractivity contribution in [2.75, 3.05) is 10.6 Å². The molecule has 0 amide bonds. The van der Waals surface area contributed by atoms with Crippen LogP contribution in [0.25, 0.3) is 0 Å². The molecule has 0 radical (unpaired) electrons. The summed E-state index contributed by atoms with van der Waals surface area (Å²) in [7, 11) is 0. The van der Waals surface area contributed by atoms with E-state index in [1.807, 2.05) is 111 Å². The summed E-state index contributed by atoms with van der Waals surface area (Å²) in [6.45, 7) is 6.08. The van der Waals surface area contributed by atoms with Gasteiger partial charge in [-0.2, -0.15) is 0 Å². The number of nitrogens with one attached hydrogen (secondary N) is 3. The number of anilines is 4. The van der Waals surface area contributed by atoms with Gasteiger partial charge in [-0.1, -0.05) is 86.1 Å². The largest absolute Gasteiger partial charge is 0.384 e. The van der Waals surface area contributed by atoms with Gasteiger partial charge in [0.05, 0.1) is 11.4 Å². The minimum atomic E-state index is 0.0485. The third kappa shape index (κ3) is 8.00. The summed E-state index contributed by atoms with van der Waals surface area (Å²) in [6, 6.07) is 35.8. The van der Waals surface area contributed by atoms with Crippen molar-refractivity contribution in [2.45, 2.75) is 20.8 Å². The number of amidine groups is 1. The number of benzene rings is 4. The second-order valence-corrected chi connectivity index (χ2v) is 6.81. The molecule has 0 aromatic heterocycles. The van der Waals surface area contributed by atoms with E-state index in [0.29, 0.717) is 5.56 Å². The zero-order valence-corrected chi connectivity index (χ0v) is 19.0. The van der Waals surface area contributed by atoms with Crippen LogP contribution in [-0.2, 0) is 0 Å². The Bertz CT molecular complexity index is 1060. The lowest BCUT2D eigenvalue weighted by atomic mass is 10.1. The molecule has 0 fully saturated rings. The second-order valence-electron chi connectivity index (χ2n) is 6.81. The molecule has 4 heteroatoms. The molecule has 4 aromatic carbocycles. The van der Waals surface area contributed by atoms with Crippen molar-refractivity contribution in [1.29, 1.82) is 5.41 Å². The summed E-state index contributed by atoms with van der Waals surface area (Å²) in [5.41, 5.74) is 11.4. The highest BCUT2D eigenvalue weighted by atomic mass is 15.0. The average molecular weight is 425 g/mol. The minimum absolute atomic E-state index is 0.0485. The lowest BCUT2D eigenvalue weighted by Gasteiger charge is -2.15. The quantitative estimate of drug-likeness (QED) is 0.198. The molecule has 0 atom stereocenters. The first-order valence-electron chi connectivity index (χ1n) is 10.8. The van der Waals surface area contributed by atoms with Crippen molar-refractivity contribution >= 4 is 28.6 Å². The summed E-state index contributed by atoms with van der Waals surface area (Å²) in [6.07, 6.45) is 0. The maximum atomic E-state index is 7.63. The minimum Gasteiger partial charge on any atom is -0.384 e. The monoisotopic (exact) mass is 424 g/mol. The van der Waals surface area contributed by atoms with Crippen LogP contribution in [0.2, 0.25) is 0 Å². The Labute approximate surface area is 191 Å². The normalized spacial score (nSPS) is 9.34. The Morgan fingerprint density at radius 3 is 1.47 bits per heavy atom. The van der Waals surface area contributed by atoms with Crippen molar-refractivity contribution in [1.82, 2.24) is 0 Å². The second kappa shape index (κ2) is 13.3. The first-order chi connectivity index (χ1) is 15.6. The lowest BCUT2D eigenvalue weighted by molar-refractivity contribution is 1.41. The van der Waals surface area contributed by atoms with Crippen LogP contribution in [0.4, 0.5) is 22.7 Å². The third-order valence-corrected chi connectivity index (χ3v) is 4.38. The number of rotatable bonds is 5. The fourth-order valence-electron chi connectivity index (χ4n) is 2.81. The van der Waals surface area contributed by atoms with Gasteiger partial charge in [0.15, 0.2) is 0 Å². The lowest BCUT2D eigenvalue weighted by Crippen LogP contribution is -2.11. The van der Waals surface area contributed by atoms with Gasteiger partial charge in [-0.25, -0.2) is 0 Å². The van der Waals surface area contributed by atoms with E-state index in [1.54, 1.807) is 0 Å². The van der Waals surface area contributed by atoms with Crippen LogP contribution >= 0.6 is 0 Å². The van der Waals surface area contributed by atoms with E-state index < -0.39 is 0 Å². The summed E-state index contributed by atoms with van der Waals surface area (Å²) in [5.74, 6) is 0.0485. The van der Waals surface area contributed by atoms with Gasteiger partial charge in [0.25, 0.3) is 0 Å². The first kappa shape index (κ1) is 24.2. The molecule has 0 aliphatic rings. The van der Waals surface area contributed by atoms with Gasteiger partial charge in [0, 0.05) is 16.9 Å². The van der Waals surface area contributed by atoms with Gasteiger partial charge in [0.2, 0.25) is 0 Å². The van der Waals surface area contributed by atoms with Crippen LogP contribution in [0.15, 0.2) is 109 Å². The SMILES string of the molecule is CC.Cc1ccccc1.N=C(N)c1ccc(Nc2ccccc2)c(Nc2ccccc2)c1. The zero-order chi connectivity index (χ0) is 23.2. The number of para-hydroxylation sites is 2. The van der Waals surface area contributed by atoms with E-state index in [0.717, 1.165) is 22.7 Å². The summed E-state index contributed by atoms with van der Waals surface area (Å²) < 4.78 is 0. The van der Waals surface area contributed by atoms with Crippen LogP contribution in [0.5, 0.6) is 0 Å². The molecule has 0 spiro atoms. The number of hydrogen-bond donors (Lipinski definition) is 4. The molecular weight excluding hydrogens is 392 g/mol. The molecule has 164 valence electrons. The number of aryl methyl sites for hydroxylation is 1. The summed E-state index contributed by atoms with van der Waals surface area (Å²) in [5, 5.41) is 14.4. The van der Waals surface area contributed by atoms with Crippen molar-refractivity contribution in [3.05, 3.63) is 120 Å². The molecule has 5 N–H and O–H groups in total. The number of hydrogen-bond acceptors (Lipinski definition) is 3. The maximum absolute atomic E-state index is 7.63. The van der Waals surface area contributed by atoms with Crippen molar-refractivity contribution in [2.24, 2.45) is 5.73 Å². The fourth-order valence-corrected chi connectivity index (χ4v) is 2.81. The van der Waals surface area contributed by atoms with Gasteiger partial charge >= 0.3 is 0 Å². The highest BCUT2D eigenvalue weighted by molar-refractivity contribution is 5.97. The molecule has 0 saturated heterocycles. The topological polar surface area (TPSA) is 73.9 Å². The van der Waals surface area contributed by atoms with Crippen LogP contribution in [0, 0.1) is 12.3 Å². The Morgan fingerprint density at radius 2 is 1.06 bits per heavy atom. The van der Waals surface area contributed by atoms with Gasteiger partial charge in [-0.05, 0) is 49.4 Å². The predicted octanol–water partition coefficient (Wildman–Crippen LogP) is 7.48. The zero-order valence-electron chi connectivity index (χ0n) is 19.0. The molecule has 0 unspecified atom stereocenters. The molecule has 4 aromatic rings. The van der Waals surface area contributed by atoms with E-state index in [9.17, 15) is 0 Å². The van der Waals surface area contributed by atoms with Crippen LogP contribution in [0.1, 0.15) is 25.0 Å². The average Bonchev–Trinajstić information content (AvgIpc) is 2.84. The first-order valence-corrected chi connectivity index (χ1v) is 10.8. The van der Waals surface area contributed by atoms with Gasteiger partial charge in [0.1, 0.15) is 5.84 Å². The van der Waals surface area contributed by atoms with Crippen LogP contribution in [-0.4, -0.2) is 5.84 Å². The van der Waals surface area contributed by atoms with Crippen molar-refractivity contribution < 1.29 is 0 Å². The van der Waals surface area contributed by atoms with E-state index in [2.05, 4.69) is 29.7 Å². The van der Waals surface area contributed by atoms with Crippen molar-refractivity contribution in [3.8, 4) is 0 Å². The molecule has 0 heterocycles. The molecular formula is C28H32N4. The highest BCUT2D eigenvalue weighted by Crippen LogP contribution is 2.29. The Hall–Kier alpha value is -4.05. The molecule has 0 aliphatic heterocycles. The van der Waals surface area contributed by atoms with Crippen LogP contribution in [0.3, 0.4) is 0 Å². The molecule has 32 heavy (non-hydrogen) atoms. The molecule has 0 bridgehead atoms. The Morgan fingerprint density at radius 1 is 0.625 bits per heavy atom. The van der Waals surface area contributed by atoms with E-state index in [4.69, 9.17) is 11.1 Å². The van der Waals surface area contributed by atoms with E-state index in [1.165, 1.54) is 5.56 Å². The number of nitrogen functional groups attached to an aromatic ring is 1.